The normalized spacial score (nSPS) is 15.4. The van der Waals surface area contributed by atoms with Gasteiger partial charge >= 0.3 is 12.2 Å². The van der Waals surface area contributed by atoms with Crippen molar-refractivity contribution >= 4 is 40.6 Å². The van der Waals surface area contributed by atoms with E-state index < -0.39 is 46.9 Å². The number of rotatable bonds is 4. The van der Waals surface area contributed by atoms with Gasteiger partial charge in [-0.15, -0.1) is 0 Å². The molecule has 4 N–H and O–H groups in total. The number of nitriles is 1. The SMILES string of the molecule is N#Cc1cc(N)ccc1-c1cc(NC(=O)c2cc(F)cc(C(F)(F)F)c2)c2c3c1CCN3C(=O)NC2c1cc(F)ccc1Cl. The number of nitrogen functional groups attached to an aromatic ring is 1. The smallest absolute Gasteiger partial charge is 0.399 e. The van der Waals surface area contributed by atoms with Crippen molar-refractivity contribution in [1.29, 1.82) is 5.26 Å². The Balaban J connectivity index is 1.60. The van der Waals surface area contributed by atoms with Crippen LogP contribution in [-0.2, 0) is 12.6 Å². The highest BCUT2D eigenvalue weighted by molar-refractivity contribution is 6.31. The van der Waals surface area contributed by atoms with E-state index >= 15 is 0 Å². The first-order chi connectivity index (χ1) is 20.8. The number of benzene rings is 4. The van der Waals surface area contributed by atoms with Crippen LogP contribution >= 0.6 is 11.6 Å². The largest absolute Gasteiger partial charge is 0.416 e. The molecule has 13 heteroatoms. The molecule has 0 radical (unpaired) electrons. The Bertz CT molecular complexity index is 1940. The van der Waals surface area contributed by atoms with Crippen molar-refractivity contribution in [1.82, 2.24) is 5.32 Å². The molecule has 2 heterocycles. The van der Waals surface area contributed by atoms with Crippen molar-refractivity contribution < 1.29 is 31.5 Å². The molecule has 222 valence electrons. The monoisotopic (exact) mass is 623 g/mol. The van der Waals surface area contributed by atoms with E-state index in [2.05, 4.69) is 16.7 Å². The summed E-state index contributed by atoms with van der Waals surface area (Å²) in [4.78, 5) is 28.2. The van der Waals surface area contributed by atoms with Crippen LogP contribution in [0.4, 0.5) is 43.8 Å². The summed E-state index contributed by atoms with van der Waals surface area (Å²) in [5.41, 5.74) is 6.76. The second-order valence-corrected chi connectivity index (χ2v) is 10.7. The molecule has 0 aliphatic carbocycles. The Morgan fingerprint density at radius 1 is 1.05 bits per heavy atom. The third-order valence-electron chi connectivity index (χ3n) is 7.56. The van der Waals surface area contributed by atoms with E-state index in [9.17, 15) is 36.8 Å². The highest BCUT2D eigenvalue weighted by Crippen LogP contribution is 2.50. The molecular formula is C31H19ClF5N5O2. The maximum Gasteiger partial charge on any atom is 0.416 e. The zero-order valence-electron chi connectivity index (χ0n) is 22.3. The number of carbonyl (C=O) groups excluding carboxylic acids is 2. The lowest BCUT2D eigenvalue weighted by atomic mass is 9.86. The maximum absolute atomic E-state index is 14.4. The van der Waals surface area contributed by atoms with Crippen LogP contribution in [0, 0.1) is 23.0 Å². The molecule has 0 aromatic heterocycles. The van der Waals surface area contributed by atoms with Crippen LogP contribution in [0.15, 0.2) is 60.7 Å². The van der Waals surface area contributed by atoms with Gasteiger partial charge in [0.05, 0.1) is 28.9 Å². The Morgan fingerprint density at radius 2 is 1.82 bits per heavy atom. The Hall–Kier alpha value is -5.15. The fourth-order valence-corrected chi connectivity index (χ4v) is 5.90. The molecule has 2 aliphatic heterocycles. The molecule has 0 spiro atoms. The summed E-state index contributed by atoms with van der Waals surface area (Å²) in [6, 6.07) is 11.6. The van der Waals surface area contributed by atoms with Gasteiger partial charge in [-0.3, -0.25) is 9.69 Å². The number of nitrogens with one attached hydrogen (secondary N) is 2. The third kappa shape index (κ3) is 4.95. The summed E-state index contributed by atoms with van der Waals surface area (Å²) in [6.07, 6.45) is -4.58. The Morgan fingerprint density at radius 3 is 2.55 bits per heavy atom. The predicted molar refractivity (Wildman–Crippen MR) is 153 cm³/mol. The number of urea groups is 1. The fourth-order valence-electron chi connectivity index (χ4n) is 5.67. The number of anilines is 3. The number of hydrogen-bond acceptors (Lipinski definition) is 4. The molecule has 4 aromatic carbocycles. The van der Waals surface area contributed by atoms with Crippen LogP contribution in [0.3, 0.4) is 0 Å². The first-order valence-corrected chi connectivity index (χ1v) is 13.5. The van der Waals surface area contributed by atoms with Gasteiger partial charge in [0, 0.05) is 45.2 Å². The molecule has 2 aliphatic rings. The van der Waals surface area contributed by atoms with Gasteiger partial charge in [0.25, 0.3) is 5.91 Å². The molecule has 4 aromatic rings. The van der Waals surface area contributed by atoms with E-state index in [1.54, 1.807) is 12.1 Å². The first kappa shape index (κ1) is 28.9. The van der Waals surface area contributed by atoms with Crippen LogP contribution in [0.1, 0.15) is 44.2 Å². The van der Waals surface area contributed by atoms with E-state index in [1.807, 2.05) is 0 Å². The summed E-state index contributed by atoms with van der Waals surface area (Å²) in [6.45, 7) is 0.220. The standard InChI is InChI=1S/C31H19ClF5N5O2/c32-24-4-1-17(33)11-23(24)27-26-25(40-29(43)14-7-16(31(35,36)37)10-18(34)8-14)12-22(20-3-2-19(39)9-15(20)13-38)21-5-6-42(28(21)26)30(44)41-27/h1-4,7-12,27H,5-6,39H2,(H,40,43)(H,41,44). The first-order valence-electron chi connectivity index (χ1n) is 13.1. The minimum atomic E-state index is -4.92. The molecule has 6 rings (SSSR count). The molecule has 1 unspecified atom stereocenters. The number of nitrogens with two attached hydrogens (primary N) is 1. The quantitative estimate of drug-likeness (QED) is 0.165. The highest BCUT2D eigenvalue weighted by Gasteiger charge is 2.41. The van der Waals surface area contributed by atoms with E-state index in [4.69, 9.17) is 17.3 Å². The van der Waals surface area contributed by atoms with E-state index in [0.717, 1.165) is 12.1 Å². The molecule has 7 nitrogen and oxygen atoms in total. The number of amides is 3. The van der Waals surface area contributed by atoms with Gasteiger partial charge in [-0.2, -0.15) is 18.4 Å². The fraction of sp³-hybridized carbons (Fsp3) is 0.129. The molecule has 0 saturated carbocycles. The van der Waals surface area contributed by atoms with Crippen LogP contribution < -0.4 is 21.3 Å². The molecule has 3 amide bonds. The van der Waals surface area contributed by atoms with Gasteiger partial charge in [-0.1, -0.05) is 17.7 Å². The number of hydrogen-bond donors (Lipinski definition) is 3. The van der Waals surface area contributed by atoms with Gasteiger partial charge < -0.3 is 16.4 Å². The maximum atomic E-state index is 14.4. The van der Waals surface area contributed by atoms with Crippen LogP contribution in [0.5, 0.6) is 0 Å². The average Bonchev–Trinajstić information content (AvgIpc) is 3.42. The molecular weight excluding hydrogens is 605 g/mol. The minimum absolute atomic E-state index is 0.0134. The number of alkyl halides is 3. The third-order valence-corrected chi connectivity index (χ3v) is 7.90. The lowest BCUT2D eigenvalue weighted by molar-refractivity contribution is -0.137. The van der Waals surface area contributed by atoms with E-state index in [0.29, 0.717) is 46.6 Å². The second-order valence-electron chi connectivity index (χ2n) is 10.3. The van der Waals surface area contributed by atoms with Gasteiger partial charge in [-0.25, -0.2) is 13.6 Å². The molecule has 1 atom stereocenters. The van der Waals surface area contributed by atoms with E-state index in [-0.39, 0.29) is 40.0 Å². The predicted octanol–water partition coefficient (Wildman–Crippen LogP) is 7.19. The van der Waals surface area contributed by atoms with Crippen LogP contribution in [-0.4, -0.2) is 18.5 Å². The van der Waals surface area contributed by atoms with Gasteiger partial charge in [0.2, 0.25) is 0 Å². The van der Waals surface area contributed by atoms with Crippen molar-refractivity contribution in [3.63, 3.8) is 0 Å². The topological polar surface area (TPSA) is 111 Å². The van der Waals surface area contributed by atoms with Crippen molar-refractivity contribution in [2.24, 2.45) is 0 Å². The zero-order valence-corrected chi connectivity index (χ0v) is 23.1. The lowest BCUT2D eigenvalue weighted by Crippen LogP contribution is -2.46. The van der Waals surface area contributed by atoms with Crippen molar-refractivity contribution in [2.75, 3.05) is 22.5 Å². The van der Waals surface area contributed by atoms with Gasteiger partial charge in [0.15, 0.2) is 0 Å². The Labute approximate surface area is 251 Å². The van der Waals surface area contributed by atoms with Crippen LogP contribution in [0.25, 0.3) is 11.1 Å². The molecule has 0 saturated heterocycles. The average molecular weight is 624 g/mol. The van der Waals surface area contributed by atoms with Crippen molar-refractivity contribution in [2.45, 2.75) is 18.6 Å². The molecule has 0 fully saturated rings. The highest BCUT2D eigenvalue weighted by atomic mass is 35.5. The molecule has 44 heavy (non-hydrogen) atoms. The number of halogens is 6. The summed E-state index contributed by atoms with van der Waals surface area (Å²) >= 11 is 6.43. The number of nitrogens with zero attached hydrogens (tertiary/aromatic N) is 2. The second kappa shape index (κ2) is 10.5. The van der Waals surface area contributed by atoms with Gasteiger partial charge in [-0.05, 0) is 72.1 Å². The minimum Gasteiger partial charge on any atom is -0.399 e. The van der Waals surface area contributed by atoms with Crippen LogP contribution in [0.2, 0.25) is 5.02 Å². The Kier molecular flexibility index (Phi) is 6.93. The summed E-state index contributed by atoms with van der Waals surface area (Å²) < 4.78 is 68.9. The van der Waals surface area contributed by atoms with Crippen molar-refractivity contribution in [3.05, 3.63) is 111 Å². The van der Waals surface area contributed by atoms with Crippen molar-refractivity contribution in [3.8, 4) is 17.2 Å². The molecule has 0 bridgehead atoms. The number of carbonyl (C=O) groups is 2. The zero-order chi connectivity index (χ0) is 31.5. The summed E-state index contributed by atoms with van der Waals surface area (Å²) in [7, 11) is 0. The summed E-state index contributed by atoms with van der Waals surface area (Å²) in [5, 5.41) is 15.3. The van der Waals surface area contributed by atoms with E-state index in [1.165, 1.54) is 23.1 Å². The summed E-state index contributed by atoms with van der Waals surface area (Å²) in [5.74, 6) is -3.01. The van der Waals surface area contributed by atoms with Gasteiger partial charge in [0.1, 0.15) is 11.6 Å². The lowest BCUT2D eigenvalue weighted by Gasteiger charge is -2.35.